The second-order valence-electron chi connectivity index (χ2n) is 5.45. The van der Waals surface area contributed by atoms with Crippen LogP contribution >= 0.6 is 0 Å². The van der Waals surface area contributed by atoms with E-state index in [4.69, 9.17) is 4.74 Å². The quantitative estimate of drug-likeness (QED) is 0.723. The second-order valence-corrected chi connectivity index (χ2v) is 5.45. The third kappa shape index (κ3) is 5.69. The molecule has 0 bridgehead atoms. The van der Waals surface area contributed by atoms with E-state index in [1.165, 1.54) is 6.07 Å². The van der Waals surface area contributed by atoms with Crippen LogP contribution in [-0.2, 0) is 11.3 Å². The fraction of sp³-hybridized carbons (Fsp3) is 0.263. The molecule has 0 atom stereocenters. The van der Waals surface area contributed by atoms with Crippen LogP contribution in [0.5, 0.6) is 0 Å². The van der Waals surface area contributed by atoms with Gasteiger partial charge in [0.1, 0.15) is 5.82 Å². The van der Waals surface area contributed by atoms with Crippen molar-refractivity contribution >= 4 is 11.8 Å². The highest BCUT2D eigenvalue weighted by Gasteiger charge is 2.09. The molecular formula is C19H21FN2O3. The van der Waals surface area contributed by atoms with Gasteiger partial charge in [0.05, 0.1) is 0 Å². The third-order valence-electron chi connectivity index (χ3n) is 3.62. The largest absolute Gasteiger partial charge is 0.385 e. The summed E-state index contributed by atoms with van der Waals surface area (Å²) in [6, 6.07) is 12.6. The van der Waals surface area contributed by atoms with Crippen LogP contribution < -0.4 is 10.6 Å². The van der Waals surface area contributed by atoms with Crippen molar-refractivity contribution < 1.29 is 18.7 Å². The number of benzene rings is 2. The molecule has 0 heterocycles. The number of carbonyl (C=O) groups excluding carboxylic acids is 2. The molecule has 2 rings (SSSR count). The minimum Gasteiger partial charge on any atom is -0.385 e. The molecule has 0 aliphatic carbocycles. The SMILES string of the molecule is COCCCNC(=O)c1ccc(C(=O)NCc2ccccc2F)cc1. The van der Waals surface area contributed by atoms with Crippen LogP contribution in [0.2, 0.25) is 0 Å². The lowest BCUT2D eigenvalue weighted by atomic mass is 10.1. The molecule has 0 fully saturated rings. The zero-order valence-electron chi connectivity index (χ0n) is 14.0. The van der Waals surface area contributed by atoms with Crippen LogP contribution in [0.4, 0.5) is 4.39 Å². The monoisotopic (exact) mass is 344 g/mol. The van der Waals surface area contributed by atoms with Crippen LogP contribution in [0.3, 0.4) is 0 Å². The average Bonchev–Trinajstić information content (AvgIpc) is 2.64. The maximum atomic E-state index is 13.5. The van der Waals surface area contributed by atoms with E-state index in [-0.39, 0.29) is 24.2 Å². The van der Waals surface area contributed by atoms with Crippen molar-refractivity contribution in [1.29, 1.82) is 0 Å². The molecule has 2 N–H and O–H groups in total. The van der Waals surface area contributed by atoms with Gasteiger partial charge >= 0.3 is 0 Å². The Morgan fingerprint density at radius 1 is 0.960 bits per heavy atom. The number of ether oxygens (including phenoxy) is 1. The van der Waals surface area contributed by atoms with E-state index in [1.54, 1.807) is 49.6 Å². The summed E-state index contributed by atoms with van der Waals surface area (Å²) in [5.74, 6) is -0.881. The van der Waals surface area contributed by atoms with Crippen LogP contribution in [0, 0.1) is 5.82 Å². The Balaban J connectivity index is 1.87. The van der Waals surface area contributed by atoms with Crippen molar-refractivity contribution in [1.82, 2.24) is 10.6 Å². The van der Waals surface area contributed by atoms with Crippen LogP contribution in [0.1, 0.15) is 32.7 Å². The van der Waals surface area contributed by atoms with E-state index in [1.807, 2.05) is 0 Å². The summed E-state index contributed by atoms with van der Waals surface area (Å²) in [6.07, 6.45) is 0.735. The summed E-state index contributed by atoms with van der Waals surface area (Å²) in [5.41, 5.74) is 1.30. The Kier molecular flexibility index (Phi) is 7.10. The molecule has 132 valence electrons. The number of halogens is 1. The zero-order valence-corrected chi connectivity index (χ0v) is 14.0. The molecule has 0 saturated carbocycles. The summed E-state index contributed by atoms with van der Waals surface area (Å²) < 4.78 is 18.4. The van der Waals surface area contributed by atoms with Crippen LogP contribution in [-0.4, -0.2) is 32.1 Å². The second kappa shape index (κ2) is 9.54. The fourth-order valence-electron chi connectivity index (χ4n) is 2.21. The molecule has 5 nitrogen and oxygen atoms in total. The van der Waals surface area contributed by atoms with Gasteiger partial charge in [-0.1, -0.05) is 18.2 Å². The van der Waals surface area contributed by atoms with Crippen molar-refractivity contribution in [3.05, 3.63) is 71.0 Å². The number of nitrogens with one attached hydrogen (secondary N) is 2. The number of rotatable bonds is 8. The van der Waals surface area contributed by atoms with Gasteiger partial charge in [-0.25, -0.2) is 4.39 Å². The minimum absolute atomic E-state index is 0.104. The van der Waals surface area contributed by atoms with E-state index < -0.39 is 0 Å². The van der Waals surface area contributed by atoms with Crippen LogP contribution in [0.15, 0.2) is 48.5 Å². The van der Waals surface area contributed by atoms with E-state index in [9.17, 15) is 14.0 Å². The topological polar surface area (TPSA) is 67.4 Å². The van der Waals surface area contributed by atoms with Gasteiger partial charge in [-0.15, -0.1) is 0 Å². The predicted molar refractivity (Wildman–Crippen MR) is 92.8 cm³/mol. The summed E-state index contributed by atoms with van der Waals surface area (Å²) in [5, 5.41) is 5.43. The van der Waals surface area contributed by atoms with Gasteiger partial charge < -0.3 is 15.4 Å². The highest BCUT2D eigenvalue weighted by atomic mass is 19.1. The number of methoxy groups -OCH3 is 1. The summed E-state index contributed by atoms with van der Waals surface area (Å²) in [4.78, 5) is 24.0. The first-order chi connectivity index (χ1) is 12.1. The van der Waals surface area contributed by atoms with Gasteiger partial charge in [-0.2, -0.15) is 0 Å². The minimum atomic E-state index is -0.358. The van der Waals surface area contributed by atoms with Crippen molar-refractivity contribution in [2.75, 3.05) is 20.3 Å². The molecule has 25 heavy (non-hydrogen) atoms. The normalized spacial score (nSPS) is 10.3. The first kappa shape index (κ1) is 18.6. The van der Waals surface area contributed by atoms with Gasteiger partial charge in [0.2, 0.25) is 0 Å². The Morgan fingerprint density at radius 3 is 2.16 bits per heavy atom. The Morgan fingerprint density at radius 2 is 1.56 bits per heavy atom. The molecule has 2 aromatic rings. The summed E-state index contributed by atoms with van der Waals surface area (Å²) >= 11 is 0. The van der Waals surface area contributed by atoms with E-state index in [0.717, 1.165) is 6.42 Å². The third-order valence-corrected chi connectivity index (χ3v) is 3.62. The Labute approximate surface area is 146 Å². The number of carbonyl (C=O) groups is 2. The number of hydrogen-bond acceptors (Lipinski definition) is 3. The van der Waals surface area contributed by atoms with E-state index in [0.29, 0.717) is 29.8 Å². The Hall–Kier alpha value is -2.73. The smallest absolute Gasteiger partial charge is 0.251 e. The predicted octanol–water partition coefficient (Wildman–Crippen LogP) is 2.52. The fourth-order valence-corrected chi connectivity index (χ4v) is 2.21. The van der Waals surface area contributed by atoms with Gasteiger partial charge in [0, 0.05) is 43.5 Å². The maximum absolute atomic E-state index is 13.5. The molecule has 0 aromatic heterocycles. The van der Waals surface area contributed by atoms with Crippen molar-refractivity contribution in [2.45, 2.75) is 13.0 Å². The molecule has 2 amide bonds. The summed E-state index contributed by atoms with van der Waals surface area (Å²) in [7, 11) is 1.61. The molecule has 0 spiro atoms. The van der Waals surface area contributed by atoms with Gasteiger partial charge in [-0.3, -0.25) is 9.59 Å². The lowest BCUT2D eigenvalue weighted by Crippen LogP contribution is -2.26. The van der Waals surface area contributed by atoms with Crippen LogP contribution in [0.25, 0.3) is 0 Å². The van der Waals surface area contributed by atoms with Gasteiger partial charge in [0.15, 0.2) is 0 Å². The Bertz CT molecular complexity index is 717. The first-order valence-electron chi connectivity index (χ1n) is 8.00. The van der Waals surface area contributed by atoms with E-state index >= 15 is 0 Å². The van der Waals surface area contributed by atoms with Crippen molar-refractivity contribution in [3.63, 3.8) is 0 Å². The molecule has 0 unspecified atom stereocenters. The van der Waals surface area contributed by atoms with Gasteiger partial charge in [-0.05, 0) is 36.8 Å². The molecule has 0 aliphatic rings. The highest BCUT2D eigenvalue weighted by Crippen LogP contribution is 2.08. The lowest BCUT2D eigenvalue weighted by molar-refractivity contribution is 0.0937. The summed E-state index contributed by atoms with van der Waals surface area (Å²) in [6.45, 7) is 1.21. The molecular weight excluding hydrogens is 323 g/mol. The van der Waals surface area contributed by atoms with Gasteiger partial charge in [0.25, 0.3) is 11.8 Å². The highest BCUT2D eigenvalue weighted by molar-refractivity contribution is 5.97. The number of hydrogen-bond donors (Lipinski definition) is 2. The molecule has 2 aromatic carbocycles. The molecule has 0 saturated heterocycles. The maximum Gasteiger partial charge on any atom is 0.251 e. The van der Waals surface area contributed by atoms with Crippen molar-refractivity contribution in [3.8, 4) is 0 Å². The lowest BCUT2D eigenvalue weighted by Gasteiger charge is -2.08. The average molecular weight is 344 g/mol. The standard InChI is InChI=1S/C19H21FN2O3/c1-25-12-4-11-21-18(23)14-7-9-15(10-8-14)19(24)22-13-16-5-2-3-6-17(16)20/h2-3,5-10H,4,11-13H2,1H3,(H,21,23)(H,22,24). The first-order valence-corrected chi connectivity index (χ1v) is 8.00. The van der Waals surface area contributed by atoms with Crippen molar-refractivity contribution in [2.24, 2.45) is 0 Å². The molecule has 0 aliphatic heterocycles. The zero-order chi connectivity index (χ0) is 18.1. The molecule has 6 heteroatoms. The van der Waals surface area contributed by atoms with E-state index in [2.05, 4.69) is 10.6 Å². The molecule has 0 radical (unpaired) electrons. The number of amides is 2.